The first kappa shape index (κ1) is 19.0. The van der Waals surface area contributed by atoms with Gasteiger partial charge in [-0.25, -0.2) is 0 Å². The number of hydrogen-bond acceptors (Lipinski definition) is 2. The highest BCUT2D eigenvalue weighted by Crippen LogP contribution is 2.13. The van der Waals surface area contributed by atoms with Crippen molar-refractivity contribution in [3.8, 4) is 0 Å². The molecule has 0 aromatic carbocycles. The van der Waals surface area contributed by atoms with Gasteiger partial charge in [0.25, 0.3) is 0 Å². The molecule has 2 nitrogen and oxygen atoms in total. The molecule has 0 radical (unpaired) electrons. The molecule has 1 saturated heterocycles. The third-order valence-corrected chi connectivity index (χ3v) is 4.64. The maximum atomic E-state index is 5.31. The van der Waals surface area contributed by atoms with Gasteiger partial charge in [-0.1, -0.05) is 84.5 Å². The van der Waals surface area contributed by atoms with Crippen LogP contribution >= 0.6 is 0 Å². The maximum Gasteiger partial charge on any atom is 0.0936 e. The van der Waals surface area contributed by atoms with E-state index in [0.29, 0.717) is 6.10 Å². The van der Waals surface area contributed by atoms with Crippen LogP contribution < -0.4 is 0 Å². The van der Waals surface area contributed by atoms with Crippen molar-refractivity contribution in [3.05, 3.63) is 0 Å². The van der Waals surface area contributed by atoms with Gasteiger partial charge in [0.15, 0.2) is 0 Å². The summed E-state index contributed by atoms with van der Waals surface area (Å²) >= 11 is 0. The summed E-state index contributed by atoms with van der Waals surface area (Å²) in [6.07, 6.45) is 17.8. The van der Waals surface area contributed by atoms with Crippen LogP contribution in [-0.2, 0) is 4.74 Å². The number of epoxide rings is 1. The summed E-state index contributed by atoms with van der Waals surface area (Å²) in [4.78, 5) is 2.55. The lowest BCUT2D eigenvalue weighted by Crippen LogP contribution is -2.28. The zero-order valence-corrected chi connectivity index (χ0v) is 14.7. The van der Waals surface area contributed by atoms with Gasteiger partial charge < -0.3 is 9.64 Å². The van der Waals surface area contributed by atoms with Crippen LogP contribution in [0.4, 0.5) is 0 Å². The molecule has 0 spiro atoms. The van der Waals surface area contributed by atoms with E-state index >= 15 is 0 Å². The normalized spacial score (nSPS) is 17.6. The predicted molar refractivity (Wildman–Crippen MR) is 92.9 cm³/mol. The lowest BCUT2D eigenvalue weighted by Gasteiger charge is -2.18. The number of hydrogen-bond donors (Lipinski definition) is 0. The molecular formula is C19H39NO. The molecule has 0 bridgehead atoms. The Kier molecular flexibility index (Phi) is 12.3. The van der Waals surface area contributed by atoms with Crippen molar-refractivity contribution in [1.29, 1.82) is 0 Å². The lowest BCUT2D eigenvalue weighted by atomic mass is 10.1. The molecule has 1 rings (SSSR count). The van der Waals surface area contributed by atoms with E-state index in [9.17, 15) is 0 Å². The van der Waals surface area contributed by atoms with E-state index < -0.39 is 0 Å². The fraction of sp³-hybridized carbons (Fsp3) is 1.00. The molecule has 0 saturated carbocycles. The standard InChI is InChI=1S/C19H39NO/c1-3-5-6-7-8-9-10-11-12-13-14-15-16-20(4-2)17-19-18-21-19/h19H,3-18H2,1-2H3. The Morgan fingerprint density at radius 3 is 1.67 bits per heavy atom. The fourth-order valence-corrected chi connectivity index (χ4v) is 3.02. The highest BCUT2D eigenvalue weighted by Gasteiger charge is 2.24. The van der Waals surface area contributed by atoms with E-state index in [1.807, 2.05) is 0 Å². The molecule has 0 aromatic rings. The summed E-state index contributed by atoms with van der Waals surface area (Å²) in [5.74, 6) is 0. The monoisotopic (exact) mass is 297 g/mol. The molecule has 0 N–H and O–H groups in total. The molecular weight excluding hydrogens is 258 g/mol. The SMILES string of the molecule is CCCCCCCCCCCCCCN(CC)CC1CO1. The first-order chi connectivity index (χ1) is 10.4. The van der Waals surface area contributed by atoms with Crippen LogP contribution in [0, 0.1) is 0 Å². The summed E-state index contributed by atoms with van der Waals surface area (Å²) in [5, 5.41) is 0. The molecule has 1 aliphatic heterocycles. The smallest absolute Gasteiger partial charge is 0.0936 e. The fourth-order valence-electron chi connectivity index (χ4n) is 3.02. The Morgan fingerprint density at radius 2 is 1.24 bits per heavy atom. The van der Waals surface area contributed by atoms with Crippen LogP contribution in [0.3, 0.4) is 0 Å². The average molecular weight is 298 g/mol. The highest BCUT2D eigenvalue weighted by molar-refractivity contribution is 4.73. The molecule has 1 heterocycles. The van der Waals surface area contributed by atoms with Gasteiger partial charge in [-0.05, 0) is 19.5 Å². The largest absolute Gasteiger partial charge is 0.372 e. The van der Waals surface area contributed by atoms with Crippen LogP contribution in [0.1, 0.15) is 90.9 Å². The van der Waals surface area contributed by atoms with E-state index in [4.69, 9.17) is 4.74 Å². The molecule has 2 heteroatoms. The van der Waals surface area contributed by atoms with Crippen molar-refractivity contribution >= 4 is 0 Å². The van der Waals surface area contributed by atoms with Gasteiger partial charge in [-0.15, -0.1) is 0 Å². The van der Waals surface area contributed by atoms with Crippen molar-refractivity contribution < 1.29 is 4.74 Å². The first-order valence-electron chi connectivity index (χ1n) is 9.70. The van der Waals surface area contributed by atoms with Gasteiger partial charge in [0, 0.05) is 6.54 Å². The Hall–Kier alpha value is -0.0800. The molecule has 0 aliphatic carbocycles. The molecule has 1 aliphatic rings. The first-order valence-corrected chi connectivity index (χ1v) is 9.70. The summed E-state index contributed by atoms with van der Waals surface area (Å²) in [6.45, 7) is 9.16. The van der Waals surface area contributed by atoms with Crippen molar-refractivity contribution in [1.82, 2.24) is 4.90 Å². The maximum absolute atomic E-state index is 5.31. The van der Waals surface area contributed by atoms with Crippen LogP contribution in [0.5, 0.6) is 0 Å². The Balaban J connectivity index is 1.73. The third-order valence-electron chi connectivity index (χ3n) is 4.64. The van der Waals surface area contributed by atoms with Gasteiger partial charge in [0.2, 0.25) is 0 Å². The number of nitrogens with zero attached hydrogens (tertiary/aromatic N) is 1. The van der Waals surface area contributed by atoms with Gasteiger partial charge in [-0.2, -0.15) is 0 Å². The van der Waals surface area contributed by atoms with E-state index in [-0.39, 0.29) is 0 Å². The van der Waals surface area contributed by atoms with E-state index in [1.54, 1.807) is 0 Å². The van der Waals surface area contributed by atoms with E-state index in [1.165, 1.54) is 90.1 Å². The van der Waals surface area contributed by atoms with Gasteiger partial charge in [-0.3, -0.25) is 0 Å². The quantitative estimate of drug-likeness (QED) is 0.280. The average Bonchev–Trinajstić information content (AvgIpc) is 3.31. The van der Waals surface area contributed by atoms with Gasteiger partial charge in [0.05, 0.1) is 12.7 Å². The molecule has 1 atom stereocenters. The minimum atomic E-state index is 0.558. The zero-order valence-electron chi connectivity index (χ0n) is 14.7. The van der Waals surface area contributed by atoms with Crippen molar-refractivity contribution in [2.24, 2.45) is 0 Å². The lowest BCUT2D eigenvalue weighted by molar-refractivity contribution is 0.247. The molecule has 21 heavy (non-hydrogen) atoms. The van der Waals surface area contributed by atoms with E-state index in [2.05, 4.69) is 18.7 Å². The second kappa shape index (κ2) is 13.6. The van der Waals surface area contributed by atoms with Crippen LogP contribution in [-0.4, -0.2) is 37.2 Å². The Bertz CT molecular complexity index is 216. The molecule has 0 aromatic heterocycles. The number of ether oxygens (including phenoxy) is 1. The molecule has 1 unspecified atom stereocenters. The summed E-state index contributed by atoms with van der Waals surface area (Å²) < 4.78 is 5.31. The Labute approximate surface area is 133 Å². The van der Waals surface area contributed by atoms with E-state index in [0.717, 1.165) is 13.2 Å². The minimum Gasteiger partial charge on any atom is -0.372 e. The second-order valence-corrected chi connectivity index (χ2v) is 6.74. The van der Waals surface area contributed by atoms with Gasteiger partial charge in [0.1, 0.15) is 0 Å². The van der Waals surface area contributed by atoms with Gasteiger partial charge >= 0.3 is 0 Å². The van der Waals surface area contributed by atoms with Crippen molar-refractivity contribution in [2.45, 2.75) is 97.0 Å². The zero-order chi connectivity index (χ0) is 15.2. The summed E-state index contributed by atoms with van der Waals surface area (Å²) in [5.41, 5.74) is 0. The van der Waals surface area contributed by atoms with Crippen LogP contribution in [0.2, 0.25) is 0 Å². The number of unbranched alkanes of at least 4 members (excludes halogenated alkanes) is 11. The number of likely N-dealkylation sites (N-methyl/N-ethyl adjacent to an activating group) is 1. The highest BCUT2D eigenvalue weighted by atomic mass is 16.6. The Morgan fingerprint density at radius 1 is 0.762 bits per heavy atom. The van der Waals surface area contributed by atoms with Crippen molar-refractivity contribution in [3.63, 3.8) is 0 Å². The summed E-state index contributed by atoms with van der Waals surface area (Å²) in [7, 11) is 0. The van der Waals surface area contributed by atoms with Crippen LogP contribution in [0.15, 0.2) is 0 Å². The number of rotatable bonds is 16. The summed E-state index contributed by atoms with van der Waals surface area (Å²) in [6, 6.07) is 0. The predicted octanol–water partition coefficient (Wildman–Crippen LogP) is 5.41. The van der Waals surface area contributed by atoms with Crippen LogP contribution in [0.25, 0.3) is 0 Å². The minimum absolute atomic E-state index is 0.558. The second-order valence-electron chi connectivity index (χ2n) is 6.74. The van der Waals surface area contributed by atoms with Crippen molar-refractivity contribution in [2.75, 3.05) is 26.2 Å². The third kappa shape index (κ3) is 12.2. The molecule has 0 amide bonds. The molecule has 126 valence electrons. The topological polar surface area (TPSA) is 15.8 Å². The molecule has 1 fully saturated rings.